The summed E-state index contributed by atoms with van der Waals surface area (Å²) in [5.41, 5.74) is 1.14. The number of hydrogen-bond acceptors (Lipinski definition) is 6. The number of rotatable bonds is 4. The van der Waals surface area contributed by atoms with Crippen LogP contribution in [0.25, 0.3) is 32.9 Å². The van der Waals surface area contributed by atoms with Crippen molar-refractivity contribution in [2.24, 2.45) is 11.8 Å². The van der Waals surface area contributed by atoms with E-state index >= 15 is 4.39 Å². The SMILES string of the molecule is CN1CC[C@H](Oc2nc(N3CC4CCC(C4)C3)c3cnc(-c4cccc5cccc(Cl)c45)c(F)c3n2)C1. The second-order valence-corrected chi connectivity index (χ2v) is 11.3. The molecule has 2 saturated heterocycles. The molecule has 8 heteroatoms. The Morgan fingerprint density at radius 1 is 1.00 bits per heavy atom. The Hall–Kier alpha value is -3.03. The van der Waals surface area contributed by atoms with E-state index in [1.165, 1.54) is 19.3 Å². The summed E-state index contributed by atoms with van der Waals surface area (Å²) >= 11 is 6.57. The highest BCUT2D eigenvalue weighted by molar-refractivity contribution is 6.36. The average molecular weight is 518 g/mol. The highest BCUT2D eigenvalue weighted by Crippen LogP contribution is 2.41. The van der Waals surface area contributed by atoms with Crippen LogP contribution in [0.2, 0.25) is 5.02 Å². The molecule has 190 valence electrons. The van der Waals surface area contributed by atoms with E-state index in [9.17, 15) is 0 Å². The average Bonchev–Trinajstić information content (AvgIpc) is 3.47. The Morgan fingerprint density at radius 2 is 1.78 bits per heavy atom. The van der Waals surface area contributed by atoms with E-state index in [4.69, 9.17) is 21.3 Å². The number of hydrogen-bond donors (Lipinski definition) is 0. The molecule has 0 N–H and O–H groups in total. The van der Waals surface area contributed by atoms with Gasteiger partial charge in [-0.05, 0) is 56.0 Å². The summed E-state index contributed by atoms with van der Waals surface area (Å²) < 4.78 is 22.7. The van der Waals surface area contributed by atoms with Gasteiger partial charge in [0.05, 0.1) is 5.39 Å². The number of likely N-dealkylation sites (N-methyl/N-ethyl adjacent to an activating group) is 1. The molecule has 2 aliphatic heterocycles. The number of likely N-dealkylation sites (tertiary alicyclic amines) is 1. The highest BCUT2D eigenvalue weighted by atomic mass is 35.5. The third-order valence-electron chi connectivity index (χ3n) is 8.28. The number of halogens is 2. The van der Waals surface area contributed by atoms with Gasteiger partial charge in [0.1, 0.15) is 23.1 Å². The molecule has 2 aromatic heterocycles. The van der Waals surface area contributed by atoms with E-state index in [1.54, 1.807) is 6.20 Å². The Morgan fingerprint density at radius 3 is 2.54 bits per heavy atom. The molecule has 0 amide bonds. The van der Waals surface area contributed by atoms with Crippen LogP contribution in [0.1, 0.15) is 25.7 Å². The summed E-state index contributed by atoms with van der Waals surface area (Å²) in [4.78, 5) is 18.7. The minimum absolute atomic E-state index is 0.00548. The number of ether oxygens (including phenoxy) is 1. The Labute approximate surface area is 220 Å². The van der Waals surface area contributed by atoms with Crippen molar-refractivity contribution in [3.63, 3.8) is 0 Å². The summed E-state index contributed by atoms with van der Waals surface area (Å²) in [5, 5.41) is 2.92. The largest absolute Gasteiger partial charge is 0.459 e. The number of nitrogens with zero attached hydrogens (tertiary/aromatic N) is 5. The zero-order chi connectivity index (χ0) is 25.1. The highest BCUT2D eigenvalue weighted by Gasteiger charge is 2.35. The van der Waals surface area contributed by atoms with Crippen molar-refractivity contribution in [3.8, 4) is 17.3 Å². The lowest BCUT2D eigenvalue weighted by Crippen LogP contribution is -2.37. The molecule has 6 nitrogen and oxygen atoms in total. The number of benzene rings is 2. The van der Waals surface area contributed by atoms with Gasteiger partial charge in [-0.2, -0.15) is 9.97 Å². The summed E-state index contributed by atoms with van der Waals surface area (Å²) in [7, 11) is 2.08. The quantitative estimate of drug-likeness (QED) is 0.333. The van der Waals surface area contributed by atoms with Gasteiger partial charge in [-0.25, -0.2) is 4.39 Å². The van der Waals surface area contributed by atoms with Gasteiger partial charge in [0.15, 0.2) is 5.82 Å². The first kappa shape index (κ1) is 23.1. The van der Waals surface area contributed by atoms with Crippen LogP contribution in [0.5, 0.6) is 6.01 Å². The van der Waals surface area contributed by atoms with Gasteiger partial charge in [0.2, 0.25) is 0 Å². The Bertz CT molecular complexity index is 1500. The van der Waals surface area contributed by atoms with Gasteiger partial charge in [-0.1, -0.05) is 41.9 Å². The summed E-state index contributed by atoms with van der Waals surface area (Å²) in [5.74, 6) is 1.58. The third kappa shape index (κ3) is 4.09. The van der Waals surface area contributed by atoms with Gasteiger partial charge in [-0.3, -0.25) is 4.98 Å². The van der Waals surface area contributed by atoms with E-state index in [1.807, 2.05) is 36.4 Å². The Kier molecular flexibility index (Phi) is 5.66. The number of piperidine rings is 1. The first-order valence-electron chi connectivity index (χ1n) is 13.2. The lowest BCUT2D eigenvalue weighted by atomic mass is 9.98. The van der Waals surface area contributed by atoms with Crippen LogP contribution in [0, 0.1) is 17.7 Å². The van der Waals surface area contributed by atoms with Crippen LogP contribution >= 0.6 is 11.6 Å². The molecular weight excluding hydrogens is 489 g/mol. The first-order valence-corrected chi connectivity index (χ1v) is 13.6. The van der Waals surface area contributed by atoms with E-state index in [-0.39, 0.29) is 23.3 Å². The zero-order valence-electron chi connectivity index (χ0n) is 20.8. The fourth-order valence-electron chi connectivity index (χ4n) is 6.52. The van der Waals surface area contributed by atoms with Crippen LogP contribution in [0.3, 0.4) is 0 Å². The van der Waals surface area contributed by atoms with Crippen molar-refractivity contribution in [1.29, 1.82) is 0 Å². The first-order chi connectivity index (χ1) is 18.0. The number of aromatic nitrogens is 3. The minimum Gasteiger partial charge on any atom is -0.459 e. The molecule has 0 spiro atoms. The molecule has 3 aliphatic rings. The number of pyridine rings is 1. The lowest BCUT2D eigenvalue weighted by molar-refractivity contribution is 0.192. The van der Waals surface area contributed by atoms with Crippen LogP contribution in [0.15, 0.2) is 42.6 Å². The van der Waals surface area contributed by atoms with Crippen molar-refractivity contribution in [1.82, 2.24) is 19.9 Å². The zero-order valence-corrected chi connectivity index (χ0v) is 21.6. The maximum absolute atomic E-state index is 16.4. The molecule has 37 heavy (non-hydrogen) atoms. The van der Waals surface area contributed by atoms with Crippen molar-refractivity contribution < 1.29 is 9.13 Å². The van der Waals surface area contributed by atoms with Crippen molar-refractivity contribution in [2.45, 2.75) is 31.8 Å². The normalized spacial score (nSPS) is 23.9. The van der Waals surface area contributed by atoms with Crippen molar-refractivity contribution >= 4 is 39.1 Å². The summed E-state index contributed by atoms with van der Waals surface area (Å²) in [6, 6.07) is 11.7. The van der Waals surface area contributed by atoms with E-state index in [0.717, 1.165) is 49.2 Å². The second-order valence-electron chi connectivity index (χ2n) is 10.9. The smallest absolute Gasteiger partial charge is 0.319 e. The third-order valence-corrected chi connectivity index (χ3v) is 8.59. The van der Waals surface area contributed by atoms with Crippen LogP contribution in [-0.4, -0.2) is 59.2 Å². The van der Waals surface area contributed by atoms with Crippen molar-refractivity contribution in [2.75, 3.05) is 38.1 Å². The summed E-state index contributed by atoms with van der Waals surface area (Å²) in [6.45, 7) is 3.63. The Balaban J connectivity index is 1.39. The molecule has 1 aliphatic carbocycles. The van der Waals surface area contributed by atoms with E-state index < -0.39 is 5.82 Å². The lowest BCUT2D eigenvalue weighted by Gasteiger charge is -2.33. The second kappa shape index (κ2) is 9.07. The van der Waals surface area contributed by atoms with Crippen LogP contribution in [0.4, 0.5) is 10.2 Å². The maximum Gasteiger partial charge on any atom is 0.319 e. The minimum atomic E-state index is -0.470. The van der Waals surface area contributed by atoms with Crippen LogP contribution in [-0.2, 0) is 0 Å². The predicted octanol–water partition coefficient (Wildman–Crippen LogP) is 5.96. The number of anilines is 1. The predicted molar refractivity (Wildman–Crippen MR) is 145 cm³/mol. The standard InChI is InChI=1S/C29H29ClFN5O/c1-35-11-10-20(16-35)37-29-33-27-22(28(34-29)36-14-17-8-9-18(12-17)15-36)13-32-26(25(27)31)21-6-2-4-19-5-3-7-23(30)24(19)21/h2-7,13,17-18,20H,8-12,14-16H2,1H3/t17?,18?,20-/m0/s1. The monoisotopic (exact) mass is 517 g/mol. The fourth-order valence-corrected chi connectivity index (χ4v) is 6.80. The molecule has 2 bridgehead atoms. The van der Waals surface area contributed by atoms with Gasteiger partial charge >= 0.3 is 6.01 Å². The summed E-state index contributed by atoms with van der Waals surface area (Å²) in [6.07, 6.45) is 6.40. The van der Waals surface area contributed by atoms with Gasteiger partial charge in [-0.15, -0.1) is 0 Å². The van der Waals surface area contributed by atoms with Crippen molar-refractivity contribution in [3.05, 3.63) is 53.4 Å². The van der Waals surface area contributed by atoms with Crippen LogP contribution < -0.4 is 9.64 Å². The van der Waals surface area contributed by atoms with Gasteiger partial charge < -0.3 is 14.5 Å². The molecule has 2 aromatic carbocycles. The fraction of sp³-hybridized carbons (Fsp3) is 0.414. The molecule has 3 atom stereocenters. The molecule has 4 heterocycles. The van der Waals surface area contributed by atoms with E-state index in [2.05, 4.69) is 26.8 Å². The molecule has 3 fully saturated rings. The number of fused-ring (bicyclic) bond motifs is 4. The molecule has 7 rings (SSSR count). The molecular formula is C29H29ClFN5O. The van der Waals surface area contributed by atoms with E-state index in [0.29, 0.717) is 27.8 Å². The maximum atomic E-state index is 16.4. The molecule has 0 radical (unpaired) electrons. The topological polar surface area (TPSA) is 54.4 Å². The molecule has 1 saturated carbocycles. The van der Waals surface area contributed by atoms with Gasteiger partial charge in [0, 0.05) is 48.3 Å². The molecule has 4 aromatic rings. The van der Waals surface area contributed by atoms with Gasteiger partial charge in [0.25, 0.3) is 0 Å². The molecule has 2 unspecified atom stereocenters.